The van der Waals surface area contributed by atoms with Crippen LogP contribution >= 0.6 is 11.8 Å². The molecule has 0 radical (unpaired) electrons. The largest absolute Gasteiger partial charge is 0.389 e. The van der Waals surface area contributed by atoms with Gasteiger partial charge in [-0.05, 0) is 25.0 Å². The van der Waals surface area contributed by atoms with Crippen LogP contribution < -0.4 is 0 Å². The minimum absolute atomic E-state index is 0.469. The Balaban J connectivity index is 1.72. The number of benzene rings is 1. The lowest BCUT2D eigenvalue weighted by molar-refractivity contribution is 0.0732. The van der Waals surface area contributed by atoms with Gasteiger partial charge in [-0.3, -0.25) is 0 Å². The van der Waals surface area contributed by atoms with E-state index in [1.165, 1.54) is 0 Å². The van der Waals surface area contributed by atoms with Crippen LogP contribution in [0.25, 0.3) is 11.0 Å². The molecule has 0 bridgehead atoms. The van der Waals surface area contributed by atoms with Crippen molar-refractivity contribution in [2.75, 3.05) is 5.75 Å². The number of H-pyrrole nitrogens is 1. The first-order valence-corrected chi connectivity index (χ1v) is 7.04. The summed E-state index contributed by atoms with van der Waals surface area (Å²) in [6, 6.07) is 8.01. The highest BCUT2D eigenvalue weighted by Crippen LogP contribution is 2.34. The lowest BCUT2D eigenvalue weighted by Crippen LogP contribution is -2.27. The molecule has 1 aromatic heterocycles. The van der Waals surface area contributed by atoms with E-state index in [-0.39, 0.29) is 0 Å². The molecule has 0 spiro atoms. The third kappa shape index (κ3) is 2.33. The van der Waals surface area contributed by atoms with E-state index < -0.39 is 5.60 Å². The fourth-order valence-electron chi connectivity index (χ4n) is 2.38. The Morgan fingerprint density at radius 2 is 2.06 bits per heavy atom. The van der Waals surface area contributed by atoms with E-state index in [4.69, 9.17) is 0 Å². The quantitative estimate of drug-likeness (QED) is 0.821. The van der Waals surface area contributed by atoms with Crippen molar-refractivity contribution in [1.29, 1.82) is 0 Å². The highest BCUT2D eigenvalue weighted by atomic mass is 32.2. The Kier molecular flexibility index (Phi) is 2.84. The van der Waals surface area contributed by atoms with Gasteiger partial charge in [-0.1, -0.05) is 36.7 Å². The van der Waals surface area contributed by atoms with Gasteiger partial charge in [-0.2, -0.15) is 0 Å². The monoisotopic (exact) mass is 248 g/mol. The fourth-order valence-corrected chi connectivity index (χ4v) is 3.42. The Hall–Kier alpha value is -1.00. The molecule has 3 rings (SSSR count). The lowest BCUT2D eigenvalue weighted by Gasteiger charge is -2.20. The summed E-state index contributed by atoms with van der Waals surface area (Å²) in [6.45, 7) is 0. The molecule has 1 aliphatic rings. The second kappa shape index (κ2) is 4.35. The van der Waals surface area contributed by atoms with Crippen molar-refractivity contribution in [3.05, 3.63) is 24.3 Å². The molecule has 1 fully saturated rings. The summed E-state index contributed by atoms with van der Waals surface area (Å²) in [5.74, 6) is 0.743. The predicted molar refractivity (Wildman–Crippen MR) is 70.2 cm³/mol. The number of imidazole rings is 1. The molecule has 1 saturated carbocycles. The van der Waals surface area contributed by atoms with E-state index in [1.807, 2.05) is 24.3 Å². The lowest BCUT2D eigenvalue weighted by atomic mass is 10.1. The van der Waals surface area contributed by atoms with Crippen LogP contribution in [-0.4, -0.2) is 26.4 Å². The average molecular weight is 248 g/mol. The van der Waals surface area contributed by atoms with Crippen molar-refractivity contribution in [2.24, 2.45) is 0 Å². The number of aromatic amines is 1. The van der Waals surface area contributed by atoms with Gasteiger partial charge in [0.05, 0.1) is 16.6 Å². The molecular formula is C13H16N2OS. The maximum atomic E-state index is 10.3. The zero-order valence-corrected chi connectivity index (χ0v) is 10.5. The first-order chi connectivity index (χ1) is 8.25. The van der Waals surface area contributed by atoms with Crippen LogP contribution in [-0.2, 0) is 0 Å². The van der Waals surface area contributed by atoms with E-state index in [0.717, 1.165) is 47.6 Å². The summed E-state index contributed by atoms with van der Waals surface area (Å²) in [7, 11) is 0. The number of hydrogen-bond donors (Lipinski definition) is 2. The van der Waals surface area contributed by atoms with Crippen LogP contribution in [0.5, 0.6) is 0 Å². The first-order valence-electron chi connectivity index (χ1n) is 6.05. The summed E-state index contributed by atoms with van der Waals surface area (Å²) >= 11 is 1.63. The van der Waals surface area contributed by atoms with Crippen LogP contribution in [0.4, 0.5) is 0 Å². The Bertz CT molecular complexity index is 484. The maximum absolute atomic E-state index is 10.3. The number of hydrogen-bond acceptors (Lipinski definition) is 3. The molecule has 1 aliphatic carbocycles. The number of nitrogens with one attached hydrogen (secondary N) is 1. The summed E-state index contributed by atoms with van der Waals surface area (Å²) in [5, 5.41) is 11.2. The number of aliphatic hydroxyl groups is 1. The van der Waals surface area contributed by atoms with E-state index in [2.05, 4.69) is 9.97 Å². The number of aromatic nitrogens is 2. The van der Waals surface area contributed by atoms with Gasteiger partial charge in [0, 0.05) is 5.75 Å². The van der Waals surface area contributed by atoms with E-state index in [1.54, 1.807) is 11.8 Å². The Morgan fingerprint density at radius 1 is 1.29 bits per heavy atom. The van der Waals surface area contributed by atoms with E-state index >= 15 is 0 Å². The molecular weight excluding hydrogens is 232 g/mol. The van der Waals surface area contributed by atoms with Gasteiger partial charge in [-0.15, -0.1) is 0 Å². The van der Waals surface area contributed by atoms with Gasteiger partial charge in [0.15, 0.2) is 5.16 Å². The maximum Gasteiger partial charge on any atom is 0.166 e. The van der Waals surface area contributed by atoms with Gasteiger partial charge < -0.3 is 10.1 Å². The Morgan fingerprint density at radius 3 is 2.82 bits per heavy atom. The smallest absolute Gasteiger partial charge is 0.166 e. The molecule has 90 valence electrons. The van der Waals surface area contributed by atoms with Crippen LogP contribution in [0.2, 0.25) is 0 Å². The zero-order valence-electron chi connectivity index (χ0n) is 9.65. The van der Waals surface area contributed by atoms with Crippen LogP contribution in [0, 0.1) is 0 Å². The molecule has 4 heteroatoms. The molecule has 1 aromatic carbocycles. The standard InChI is InChI=1S/C13H16N2OS/c16-13(7-3-4-8-13)9-17-12-14-10-5-1-2-6-11(10)15-12/h1-2,5-6,16H,3-4,7-9H2,(H,14,15). The highest BCUT2D eigenvalue weighted by molar-refractivity contribution is 7.99. The second-order valence-electron chi connectivity index (χ2n) is 4.78. The molecule has 2 aromatic rings. The number of thioether (sulfide) groups is 1. The van der Waals surface area contributed by atoms with Crippen molar-refractivity contribution in [2.45, 2.75) is 36.4 Å². The molecule has 3 nitrogen and oxygen atoms in total. The third-order valence-corrected chi connectivity index (χ3v) is 4.53. The number of rotatable bonds is 3. The van der Waals surface area contributed by atoms with E-state index in [9.17, 15) is 5.11 Å². The van der Waals surface area contributed by atoms with Crippen molar-refractivity contribution in [3.63, 3.8) is 0 Å². The molecule has 0 aliphatic heterocycles. The third-order valence-electron chi connectivity index (χ3n) is 3.38. The SMILES string of the molecule is OC1(CSc2nc3ccccc3[nH]2)CCCC1. The van der Waals surface area contributed by atoms with Crippen LogP contribution in [0.3, 0.4) is 0 Å². The van der Waals surface area contributed by atoms with Crippen molar-refractivity contribution in [3.8, 4) is 0 Å². The van der Waals surface area contributed by atoms with Gasteiger partial charge in [0.1, 0.15) is 0 Å². The first kappa shape index (κ1) is 11.1. The second-order valence-corrected chi connectivity index (χ2v) is 5.74. The molecule has 0 unspecified atom stereocenters. The zero-order chi connectivity index (χ0) is 11.7. The van der Waals surface area contributed by atoms with Gasteiger partial charge in [0.2, 0.25) is 0 Å². The molecule has 0 saturated heterocycles. The van der Waals surface area contributed by atoms with Crippen molar-refractivity contribution >= 4 is 22.8 Å². The molecule has 2 N–H and O–H groups in total. The molecule has 0 amide bonds. The number of nitrogens with zero attached hydrogens (tertiary/aromatic N) is 1. The van der Waals surface area contributed by atoms with Gasteiger partial charge >= 0.3 is 0 Å². The number of fused-ring (bicyclic) bond motifs is 1. The van der Waals surface area contributed by atoms with Crippen molar-refractivity contribution < 1.29 is 5.11 Å². The average Bonchev–Trinajstić information content (AvgIpc) is 2.93. The Labute approximate surface area is 105 Å². The van der Waals surface area contributed by atoms with Crippen molar-refractivity contribution in [1.82, 2.24) is 9.97 Å². The minimum atomic E-state index is -0.469. The van der Waals surface area contributed by atoms with E-state index in [0.29, 0.717) is 0 Å². The highest BCUT2D eigenvalue weighted by Gasteiger charge is 2.31. The van der Waals surface area contributed by atoms with Crippen LogP contribution in [0.1, 0.15) is 25.7 Å². The summed E-state index contributed by atoms with van der Waals surface area (Å²) in [6.07, 6.45) is 4.16. The number of para-hydroxylation sites is 2. The molecule has 1 heterocycles. The molecule has 17 heavy (non-hydrogen) atoms. The summed E-state index contributed by atoms with van der Waals surface area (Å²) in [4.78, 5) is 7.78. The van der Waals surface area contributed by atoms with Gasteiger partial charge in [0.25, 0.3) is 0 Å². The topological polar surface area (TPSA) is 48.9 Å². The summed E-state index contributed by atoms with van der Waals surface area (Å²) in [5.41, 5.74) is 1.59. The fraction of sp³-hybridized carbons (Fsp3) is 0.462. The normalized spacial score (nSPS) is 18.9. The van der Waals surface area contributed by atoms with Gasteiger partial charge in [-0.25, -0.2) is 4.98 Å². The molecule has 0 atom stereocenters. The predicted octanol–water partition coefficient (Wildman–Crippen LogP) is 2.96. The minimum Gasteiger partial charge on any atom is -0.389 e. The van der Waals surface area contributed by atoms with Crippen LogP contribution in [0.15, 0.2) is 29.4 Å². The summed E-state index contributed by atoms with van der Waals surface area (Å²) < 4.78 is 0.